The Morgan fingerprint density at radius 3 is 2.92 bits per heavy atom. The Bertz CT molecular complexity index is 787. The Hall–Kier alpha value is -2.24. The predicted octanol–water partition coefficient (Wildman–Crippen LogP) is 3.14. The molecule has 2 aromatic rings. The van der Waals surface area contributed by atoms with Crippen molar-refractivity contribution in [2.75, 3.05) is 36.5 Å². The van der Waals surface area contributed by atoms with Gasteiger partial charge in [0, 0.05) is 36.6 Å². The van der Waals surface area contributed by atoms with E-state index in [-0.39, 0.29) is 0 Å². The summed E-state index contributed by atoms with van der Waals surface area (Å²) in [6, 6.07) is 14.9. The van der Waals surface area contributed by atoms with Gasteiger partial charge >= 0.3 is 0 Å². The summed E-state index contributed by atoms with van der Waals surface area (Å²) in [5, 5.41) is 8.08. The number of rotatable bonds is 4. The van der Waals surface area contributed by atoms with E-state index in [0.717, 1.165) is 44.1 Å². The first kappa shape index (κ1) is 16.2. The van der Waals surface area contributed by atoms with Gasteiger partial charge in [-0.2, -0.15) is 5.10 Å². The number of fused-ring (bicyclic) bond motifs is 1. The molecule has 2 aliphatic rings. The number of benzene rings is 2. The molecule has 25 heavy (non-hydrogen) atoms. The van der Waals surface area contributed by atoms with Crippen molar-refractivity contribution in [1.29, 1.82) is 0 Å². The molecular formula is C19H21ClN4O. The molecule has 1 saturated heterocycles. The number of nitrogens with one attached hydrogen (secondary N) is 2. The topological polar surface area (TPSA) is 48.9 Å². The Balaban J connectivity index is 1.45. The minimum absolute atomic E-state index is 0.513. The van der Waals surface area contributed by atoms with Crippen LogP contribution in [0.2, 0.25) is 0 Å². The van der Waals surface area contributed by atoms with Gasteiger partial charge in [0.1, 0.15) is 0 Å². The number of morpholine rings is 1. The Labute approximate surface area is 152 Å². The van der Waals surface area contributed by atoms with Crippen molar-refractivity contribution in [2.45, 2.75) is 13.1 Å². The van der Waals surface area contributed by atoms with Crippen molar-refractivity contribution in [1.82, 2.24) is 5.43 Å². The molecule has 2 aliphatic heterocycles. The third kappa shape index (κ3) is 3.72. The minimum atomic E-state index is 0.513. The molecule has 0 aliphatic carbocycles. The second-order valence-electron chi connectivity index (χ2n) is 6.23. The fourth-order valence-corrected chi connectivity index (χ4v) is 3.41. The van der Waals surface area contributed by atoms with Crippen LogP contribution in [0.5, 0.6) is 0 Å². The fourth-order valence-electron chi connectivity index (χ4n) is 3.18. The lowest BCUT2D eigenvalue weighted by Gasteiger charge is -2.29. The third-order valence-corrected chi connectivity index (χ3v) is 4.85. The van der Waals surface area contributed by atoms with Crippen LogP contribution < -0.4 is 15.6 Å². The highest BCUT2D eigenvalue weighted by Gasteiger charge is 2.13. The van der Waals surface area contributed by atoms with Crippen molar-refractivity contribution >= 4 is 28.1 Å². The van der Waals surface area contributed by atoms with Gasteiger partial charge in [-0.25, -0.2) is 0 Å². The molecule has 1 fully saturated rings. The van der Waals surface area contributed by atoms with Gasteiger partial charge in [0.2, 0.25) is 0 Å². The molecule has 0 atom stereocenters. The number of ether oxygens (including phenoxy) is 1. The summed E-state index contributed by atoms with van der Waals surface area (Å²) in [5.41, 5.74) is 8.65. The molecule has 0 bridgehead atoms. The average molecular weight is 357 g/mol. The van der Waals surface area contributed by atoms with E-state index in [1.54, 1.807) is 0 Å². The maximum atomic E-state index is 6.19. The summed E-state index contributed by atoms with van der Waals surface area (Å²) in [4.78, 5) is 2.37. The van der Waals surface area contributed by atoms with Crippen LogP contribution >= 0.6 is 11.6 Å². The fraction of sp³-hybridized carbons (Fsp3) is 0.316. The molecular weight excluding hydrogens is 336 g/mol. The van der Waals surface area contributed by atoms with E-state index in [1.165, 1.54) is 16.8 Å². The van der Waals surface area contributed by atoms with E-state index in [2.05, 4.69) is 63.2 Å². The lowest BCUT2D eigenvalue weighted by molar-refractivity contribution is 0.122. The highest BCUT2D eigenvalue weighted by Crippen LogP contribution is 2.22. The lowest BCUT2D eigenvalue weighted by Crippen LogP contribution is -2.36. The van der Waals surface area contributed by atoms with E-state index >= 15 is 0 Å². The van der Waals surface area contributed by atoms with Crippen LogP contribution in [0, 0.1) is 0 Å². The van der Waals surface area contributed by atoms with E-state index < -0.39 is 0 Å². The lowest BCUT2D eigenvalue weighted by atomic mass is 10.1. The van der Waals surface area contributed by atoms with Crippen molar-refractivity contribution in [3.63, 3.8) is 0 Å². The number of hydrogen-bond donors (Lipinski definition) is 2. The molecule has 0 unspecified atom stereocenters. The maximum Gasteiger partial charge on any atom is 0.156 e. The Morgan fingerprint density at radius 1 is 1.16 bits per heavy atom. The van der Waals surface area contributed by atoms with Crippen LogP contribution in [-0.4, -0.2) is 31.5 Å². The number of anilines is 2. The van der Waals surface area contributed by atoms with Gasteiger partial charge in [0.05, 0.1) is 19.8 Å². The molecule has 0 radical (unpaired) electrons. The zero-order valence-electron chi connectivity index (χ0n) is 14.0. The first-order chi connectivity index (χ1) is 12.3. The maximum absolute atomic E-state index is 6.19. The van der Waals surface area contributed by atoms with Crippen molar-refractivity contribution < 1.29 is 4.74 Å². The van der Waals surface area contributed by atoms with Crippen molar-refractivity contribution in [3.05, 3.63) is 59.2 Å². The SMILES string of the molecule is ClC1=NNCc2ccc(NCc3cccc(N4CCOCC4)c3)cc21. The highest BCUT2D eigenvalue weighted by atomic mass is 35.5. The first-order valence-corrected chi connectivity index (χ1v) is 8.92. The van der Waals surface area contributed by atoms with Crippen molar-refractivity contribution in [2.24, 2.45) is 5.10 Å². The van der Waals surface area contributed by atoms with Crippen LogP contribution in [0.1, 0.15) is 16.7 Å². The molecule has 0 saturated carbocycles. The molecule has 4 rings (SSSR count). The van der Waals surface area contributed by atoms with Gasteiger partial charge in [-0.1, -0.05) is 29.8 Å². The molecule has 2 aromatic carbocycles. The van der Waals surface area contributed by atoms with Gasteiger partial charge in [-0.15, -0.1) is 0 Å². The van der Waals surface area contributed by atoms with Crippen LogP contribution in [0.4, 0.5) is 11.4 Å². The number of hydrazone groups is 1. The largest absolute Gasteiger partial charge is 0.381 e. The van der Waals surface area contributed by atoms with Gasteiger partial charge in [-0.3, -0.25) is 0 Å². The van der Waals surface area contributed by atoms with Crippen LogP contribution in [-0.2, 0) is 17.8 Å². The Kier molecular flexibility index (Phi) is 4.76. The summed E-state index contributed by atoms with van der Waals surface area (Å²) in [5.74, 6) is 0. The number of hydrogen-bond acceptors (Lipinski definition) is 5. The van der Waals surface area contributed by atoms with Crippen LogP contribution in [0.15, 0.2) is 47.6 Å². The molecule has 2 heterocycles. The quantitative estimate of drug-likeness (QED) is 0.883. The molecule has 2 N–H and O–H groups in total. The molecule has 0 spiro atoms. The van der Waals surface area contributed by atoms with Crippen LogP contribution in [0.25, 0.3) is 0 Å². The van der Waals surface area contributed by atoms with E-state index in [0.29, 0.717) is 11.7 Å². The number of halogens is 1. The zero-order valence-corrected chi connectivity index (χ0v) is 14.7. The molecule has 0 aromatic heterocycles. The van der Waals surface area contributed by atoms with Gasteiger partial charge in [-0.05, 0) is 35.4 Å². The summed E-state index contributed by atoms with van der Waals surface area (Å²) in [6.07, 6.45) is 0. The van der Waals surface area contributed by atoms with Gasteiger partial charge in [0.15, 0.2) is 5.17 Å². The Morgan fingerprint density at radius 2 is 2.04 bits per heavy atom. The smallest absolute Gasteiger partial charge is 0.156 e. The summed E-state index contributed by atoms with van der Waals surface area (Å²) >= 11 is 6.19. The zero-order chi connectivity index (χ0) is 17.1. The summed E-state index contributed by atoms with van der Waals surface area (Å²) in [7, 11) is 0. The standard InChI is InChI=1S/C19H21ClN4O/c20-19-18-11-16(5-4-15(18)13-22-23-19)21-12-14-2-1-3-17(10-14)24-6-8-25-9-7-24/h1-5,10-11,21-22H,6-9,12-13H2. The average Bonchev–Trinajstić information content (AvgIpc) is 2.68. The predicted molar refractivity (Wildman–Crippen MR) is 102 cm³/mol. The summed E-state index contributed by atoms with van der Waals surface area (Å²) in [6.45, 7) is 4.99. The van der Waals surface area contributed by atoms with E-state index in [4.69, 9.17) is 16.3 Å². The molecule has 5 nitrogen and oxygen atoms in total. The first-order valence-electron chi connectivity index (χ1n) is 8.54. The van der Waals surface area contributed by atoms with Gasteiger partial charge in [0.25, 0.3) is 0 Å². The minimum Gasteiger partial charge on any atom is -0.381 e. The van der Waals surface area contributed by atoms with Crippen molar-refractivity contribution in [3.8, 4) is 0 Å². The van der Waals surface area contributed by atoms with E-state index in [1.807, 2.05) is 0 Å². The van der Waals surface area contributed by atoms with Crippen LogP contribution in [0.3, 0.4) is 0 Å². The number of nitrogens with zero attached hydrogens (tertiary/aromatic N) is 2. The third-order valence-electron chi connectivity index (χ3n) is 4.56. The second-order valence-corrected chi connectivity index (χ2v) is 6.59. The molecule has 130 valence electrons. The highest BCUT2D eigenvalue weighted by molar-refractivity contribution is 6.69. The summed E-state index contributed by atoms with van der Waals surface area (Å²) < 4.78 is 5.43. The van der Waals surface area contributed by atoms with Gasteiger partial charge < -0.3 is 20.4 Å². The molecule has 0 amide bonds. The normalized spacial score (nSPS) is 16.7. The molecule has 6 heteroatoms. The van der Waals surface area contributed by atoms with E-state index in [9.17, 15) is 0 Å². The second kappa shape index (κ2) is 7.33. The monoisotopic (exact) mass is 356 g/mol.